The van der Waals surface area contributed by atoms with Crippen LogP contribution < -0.4 is 5.32 Å². The van der Waals surface area contributed by atoms with Crippen molar-refractivity contribution >= 4 is 15.9 Å². The van der Waals surface area contributed by atoms with E-state index in [-0.39, 0.29) is 11.6 Å². The van der Waals surface area contributed by atoms with Gasteiger partial charge in [0, 0.05) is 6.61 Å². The van der Waals surface area contributed by atoms with E-state index in [9.17, 15) is 0 Å². The monoisotopic (exact) mass is 317 g/mol. The van der Waals surface area contributed by atoms with Crippen LogP contribution in [-0.2, 0) is 4.74 Å². The Kier molecular flexibility index (Phi) is 6.39. The van der Waals surface area contributed by atoms with Crippen LogP contribution in [0, 0.1) is 0 Å². The van der Waals surface area contributed by atoms with E-state index in [1.807, 2.05) is 13.0 Å². The van der Waals surface area contributed by atoms with Crippen LogP contribution in [0.1, 0.15) is 52.3 Å². The van der Waals surface area contributed by atoms with Crippen LogP contribution in [-0.4, -0.2) is 18.8 Å². The van der Waals surface area contributed by atoms with Gasteiger partial charge < -0.3 is 14.5 Å². The summed E-state index contributed by atoms with van der Waals surface area (Å²) in [6, 6.07) is 1.99. The summed E-state index contributed by atoms with van der Waals surface area (Å²) < 4.78 is 12.6. The Morgan fingerprint density at radius 1 is 1.44 bits per heavy atom. The van der Waals surface area contributed by atoms with Gasteiger partial charge in [0.25, 0.3) is 0 Å². The van der Waals surface area contributed by atoms with Crippen molar-refractivity contribution in [3.63, 3.8) is 0 Å². The van der Waals surface area contributed by atoms with Crippen LogP contribution in [0.5, 0.6) is 0 Å². The van der Waals surface area contributed by atoms with Crippen LogP contribution in [0.15, 0.2) is 21.2 Å². The first-order chi connectivity index (χ1) is 8.59. The Morgan fingerprint density at radius 2 is 2.17 bits per heavy atom. The molecule has 0 aliphatic heterocycles. The fraction of sp³-hybridized carbons (Fsp3) is 0.714. The Morgan fingerprint density at radius 3 is 2.61 bits per heavy atom. The first kappa shape index (κ1) is 15.7. The van der Waals surface area contributed by atoms with Crippen molar-refractivity contribution in [1.82, 2.24) is 5.32 Å². The molecule has 104 valence electrons. The molecule has 0 aliphatic rings. The minimum Gasteiger partial charge on any atom is -0.466 e. The largest absolute Gasteiger partial charge is 0.466 e. The van der Waals surface area contributed by atoms with Crippen molar-refractivity contribution in [2.75, 3.05) is 13.2 Å². The summed E-state index contributed by atoms with van der Waals surface area (Å²) in [5.74, 6) is 0.918. The molecular formula is C14H24BrNO2. The lowest BCUT2D eigenvalue weighted by Crippen LogP contribution is -2.43. The first-order valence-electron chi connectivity index (χ1n) is 6.69. The molecular weight excluding hydrogens is 294 g/mol. The molecule has 0 aromatic carbocycles. The number of hydrogen-bond donors (Lipinski definition) is 1. The van der Waals surface area contributed by atoms with Gasteiger partial charge in [0.15, 0.2) is 0 Å². The minimum atomic E-state index is -0.260. The molecule has 18 heavy (non-hydrogen) atoms. The Hall–Kier alpha value is -0.320. The third-order valence-corrected chi connectivity index (χ3v) is 3.95. The molecule has 0 fully saturated rings. The Bertz CT molecular complexity index is 353. The third kappa shape index (κ3) is 3.59. The molecule has 0 spiro atoms. The van der Waals surface area contributed by atoms with E-state index in [4.69, 9.17) is 9.15 Å². The summed E-state index contributed by atoms with van der Waals surface area (Å²) in [4.78, 5) is 0. The van der Waals surface area contributed by atoms with Gasteiger partial charge >= 0.3 is 0 Å². The smallest absolute Gasteiger partial charge is 0.137 e. The fourth-order valence-electron chi connectivity index (χ4n) is 2.11. The highest BCUT2D eigenvalue weighted by atomic mass is 79.9. The minimum absolute atomic E-state index is 0.0618. The lowest BCUT2D eigenvalue weighted by molar-refractivity contribution is -0.0610. The van der Waals surface area contributed by atoms with E-state index in [0.29, 0.717) is 6.61 Å². The molecule has 1 aromatic rings. The number of nitrogens with one attached hydrogen (secondary N) is 1. The quantitative estimate of drug-likeness (QED) is 0.776. The van der Waals surface area contributed by atoms with Gasteiger partial charge in [-0.15, -0.1) is 0 Å². The van der Waals surface area contributed by atoms with Crippen molar-refractivity contribution in [3.8, 4) is 0 Å². The zero-order valence-electron chi connectivity index (χ0n) is 11.8. The summed E-state index contributed by atoms with van der Waals surface area (Å²) >= 11 is 3.54. The highest BCUT2D eigenvalue weighted by molar-refractivity contribution is 9.10. The van der Waals surface area contributed by atoms with Crippen LogP contribution >= 0.6 is 15.9 Å². The zero-order chi connectivity index (χ0) is 13.6. The number of rotatable bonds is 8. The maximum atomic E-state index is 5.97. The molecule has 0 saturated heterocycles. The maximum absolute atomic E-state index is 5.97. The summed E-state index contributed by atoms with van der Waals surface area (Å²) in [6.45, 7) is 10.1. The van der Waals surface area contributed by atoms with Crippen molar-refractivity contribution in [1.29, 1.82) is 0 Å². The van der Waals surface area contributed by atoms with E-state index in [1.54, 1.807) is 6.26 Å². The number of ether oxygens (including phenoxy) is 1. The topological polar surface area (TPSA) is 34.4 Å². The predicted octanol–water partition coefficient (Wildman–Crippen LogP) is 4.29. The molecule has 4 heteroatoms. The second kappa shape index (κ2) is 7.31. The molecule has 0 bridgehead atoms. The lowest BCUT2D eigenvalue weighted by Gasteiger charge is -2.36. The highest BCUT2D eigenvalue weighted by Gasteiger charge is 2.37. The molecule has 0 aliphatic carbocycles. The molecule has 0 radical (unpaired) electrons. The molecule has 1 heterocycles. The van der Waals surface area contributed by atoms with Gasteiger partial charge in [-0.25, -0.2) is 0 Å². The number of halogens is 1. The van der Waals surface area contributed by atoms with Crippen LogP contribution in [0.3, 0.4) is 0 Å². The summed E-state index contributed by atoms with van der Waals surface area (Å²) in [7, 11) is 0. The average molecular weight is 318 g/mol. The van der Waals surface area contributed by atoms with Crippen molar-refractivity contribution < 1.29 is 9.15 Å². The van der Waals surface area contributed by atoms with Crippen LogP contribution in [0.4, 0.5) is 0 Å². The molecule has 1 rings (SSSR count). The Labute approximate surface area is 118 Å². The van der Waals surface area contributed by atoms with E-state index in [0.717, 1.165) is 29.6 Å². The average Bonchev–Trinajstić information content (AvgIpc) is 2.76. The molecule has 2 unspecified atom stereocenters. The molecule has 3 nitrogen and oxygen atoms in total. The fourth-order valence-corrected chi connectivity index (χ4v) is 2.54. The van der Waals surface area contributed by atoms with Crippen LogP contribution in [0.2, 0.25) is 0 Å². The number of furan rings is 1. The van der Waals surface area contributed by atoms with E-state index >= 15 is 0 Å². The van der Waals surface area contributed by atoms with Gasteiger partial charge in [0.2, 0.25) is 0 Å². The van der Waals surface area contributed by atoms with Gasteiger partial charge in [-0.05, 0) is 55.2 Å². The van der Waals surface area contributed by atoms with Crippen LogP contribution in [0.25, 0.3) is 0 Å². The standard InChI is InChI=1S/C14H24BrNO2/c1-5-9-16-13(12-11(15)8-10-17-12)14(4,6-2)18-7-3/h8,10,13,16H,5-7,9H2,1-4H3. The second-order valence-electron chi connectivity index (χ2n) is 4.62. The maximum Gasteiger partial charge on any atom is 0.137 e. The molecule has 2 atom stereocenters. The van der Waals surface area contributed by atoms with Gasteiger partial charge in [-0.3, -0.25) is 0 Å². The van der Waals surface area contributed by atoms with Crippen molar-refractivity contribution in [2.45, 2.75) is 52.2 Å². The van der Waals surface area contributed by atoms with Gasteiger partial charge in [-0.2, -0.15) is 0 Å². The highest BCUT2D eigenvalue weighted by Crippen LogP contribution is 2.36. The molecule has 0 saturated carbocycles. The van der Waals surface area contributed by atoms with Crippen molar-refractivity contribution in [2.24, 2.45) is 0 Å². The predicted molar refractivity (Wildman–Crippen MR) is 77.8 cm³/mol. The normalized spacial score (nSPS) is 16.5. The van der Waals surface area contributed by atoms with Crippen molar-refractivity contribution in [3.05, 3.63) is 22.6 Å². The third-order valence-electron chi connectivity index (χ3n) is 3.29. The summed E-state index contributed by atoms with van der Waals surface area (Å²) in [6.07, 6.45) is 3.72. The summed E-state index contributed by atoms with van der Waals surface area (Å²) in [5.41, 5.74) is -0.260. The van der Waals surface area contributed by atoms with Gasteiger partial charge in [0.05, 0.1) is 22.4 Å². The zero-order valence-corrected chi connectivity index (χ0v) is 13.3. The summed E-state index contributed by atoms with van der Waals surface area (Å²) in [5, 5.41) is 3.54. The first-order valence-corrected chi connectivity index (χ1v) is 7.48. The molecule has 0 amide bonds. The SMILES string of the molecule is CCCNC(c1occc1Br)C(C)(CC)OCC. The lowest BCUT2D eigenvalue weighted by atomic mass is 9.91. The number of hydrogen-bond acceptors (Lipinski definition) is 3. The second-order valence-corrected chi connectivity index (χ2v) is 5.47. The van der Waals surface area contributed by atoms with E-state index in [2.05, 4.69) is 42.0 Å². The molecule has 1 N–H and O–H groups in total. The van der Waals surface area contributed by atoms with Gasteiger partial charge in [0.1, 0.15) is 5.76 Å². The Balaban J connectivity index is 3.00. The van der Waals surface area contributed by atoms with Gasteiger partial charge in [-0.1, -0.05) is 13.8 Å². The molecule has 1 aromatic heterocycles. The van der Waals surface area contributed by atoms with E-state index < -0.39 is 0 Å². The van der Waals surface area contributed by atoms with E-state index in [1.165, 1.54) is 0 Å².